The molecule has 150 valence electrons. The Hall–Kier alpha value is -3.60. The van der Waals surface area contributed by atoms with Crippen LogP contribution in [0.3, 0.4) is 0 Å². The third kappa shape index (κ3) is 5.26. The number of hydrogen-bond acceptors (Lipinski definition) is 5. The minimum absolute atomic E-state index is 0.0304. The van der Waals surface area contributed by atoms with Crippen molar-refractivity contribution in [1.29, 1.82) is 5.26 Å². The van der Waals surface area contributed by atoms with Gasteiger partial charge >= 0.3 is 10.1 Å². The van der Waals surface area contributed by atoms with Crippen LogP contribution in [-0.2, 0) is 14.9 Å². The molecule has 0 aromatic heterocycles. The average Bonchev–Trinajstić information content (AvgIpc) is 2.75. The summed E-state index contributed by atoms with van der Waals surface area (Å²) in [6, 6.07) is 22.3. The number of nitrogens with one attached hydrogen (secondary N) is 1. The van der Waals surface area contributed by atoms with Crippen LogP contribution in [-0.4, -0.2) is 14.3 Å². The van der Waals surface area contributed by atoms with E-state index in [2.05, 4.69) is 5.32 Å². The minimum Gasteiger partial charge on any atom is -0.378 e. The molecular formula is C22H15ClN2O4S. The number of nitriles is 1. The number of benzene rings is 3. The second kappa shape index (κ2) is 9.27. The fraction of sp³-hybridized carbons (Fsp3) is 0. The van der Waals surface area contributed by atoms with Gasteiger partial charge in [-0.3, -0.25) is 4.79 Å². The highest BCUT2D eigenvalue weighted by Crippen LogP contribution is 2.28. The first-order valence-corrected chi connectivity index (χ1v) is 10.4. The van der Waals surface area contributed by atoms with Gasteiger partial charge in [-0.15, -0.1) is 0 Å². The first-order chi connectivity index (χ1) is 14.4. The van der Waals surface area contributed by atoms with Gasteiger partial charge in [0.15, 0.2) is 0 Å². The van der Waals surface area contributed by atoms with E-state index < -0.39 is 16.0 Å². The van der Waals surface area contributed by atoms with Gasteiger partial charge in [0.2, 0.25) is 0 Å². The predicted molar refractivity (Wildman–Crippen MR) is 114 cm³/mol. The molecule has 1 N–H and O–H groups in total. The Morgan fingerprint density at radius 3 is 2.27 bits per heavy atom. The standard InChI is InChI=1S/C22H15ClN2O4S/c23-18-11-12-21(29-30(27,28)20-9-5-2-6-10-20)16(14-18)13-17(15-24)22(26)25-19-7-3-1-4-8-19/h1-14H,(H,25,26)/b17-13+. The molecule has 30 heavy (non-hydrogen) atoms. The summed E-state index contributed by atoms with van der Waals surface area (Å²) in [6.45, 7) is 0. The molecule has 0 heterocycles. The lowest BCUT2D eigenvalue weighted by Gasteiger charge is -2.10. The van der Waals surface area contributed by atoms with Crippen LogP contribution >= 0.6 is 11.6 Å². The maximum atomic E-state index is 12.5. The van der Waals surface area contributed by atoms with Crippen molar-refractivity contribution in [3.63, 3.8) is 0 Å². The Morgan fingerprint density at radius 2 is 1.63 bits per heavy atom. The van der Waals surface area contributed by atoms with E-state index in [4.69, 9.17) is 15.8 Å². The topological polar surface area (TPSA) is 96.3 Å². The van der Waals surface area contributed by atoms with Crippen LogP contribution in [0.1, 0.15) is 5.56 Å². The first kappa shape index (κ1) is 21.1. The van der Waals surface area contributed by atoms with E-state index in [0.29, 0.717) is 5.69 Å². The van der Waals surface area contributed by atoms with E-state index >= 15 is 0 Å². The zero-order chi connectivity index (χ0) is 21.6. The van der Waals surface area contributed by atoms with E-state index in [0.717, 1.165) is 0 Å². The highest BCUT2D eigenvalue weighted by molar-refractivity contribution is 7.87. The fourth-order valence-electron chi connectivity index (χ4n) is 2.49. The number of halogens is 1. The molecule has 0 aliphatic carbocycles. The molecule has 8 heteroatoms. The largest absolute Gasteiger partial charge is 0.378 e. The summed E-state index contributed by atoms with van der Waals surface area (Å²) in [4.78, 5) is 12.4. The van der Waals surface area contributed by atoms with Gasteiger partial charge in [-0.1, -0.05) is 48.0 Å². The number of para-hydroxylation sites is 1. The number of nitrogens with zero attached hydrogens (tertiary/aromatic N) is 1. The molecule has 0 spiro atoms. The summed E-state index contributed by atoms with van der Waals surface area (Å²) in [5.74, 6) is -0.718. The molecule has 0 radical (unpaired) electrons. The van der Waals surface area contributed by atoms with Gasteiger partial charge in [-0.25, -0.2) is 0 Å². The Balaban J connectivity index is 1.94. The molecule has 6 nitrogen and oxygen atoms in total. The Labute approximate surface area is 179 Å². The Morgan fingerprint density at radius 1 is 1.00 bits per heavy atom. The monoisotopic (exact) mass is 438 g/mol. The van der Waals surface area contributed by atoms with Crippen molar-refractivity contribution in [2.45, 2.75) is 4.90 Å². The number of amides is 1. The van der Waals surface area contributed by atoms with Crippen LogP contribution in [0.2, 0.25) is 5.02 Å². The second-order valence-electron chi connectivity index (χ2n) is 6.02. The summed E-state index contributed by atoms with van der Waals surface area (Å²) < 4.78 is 30.3. The van der Waals surface area contributed by atoms with Gasteiger partial charge in [0, 0.05) is 16.3 Å². The van der Waals surface area contributed by atoms with Crippen LogP contribution in [0.25, 0.3) is 6.08 Å². The predicted octanol–water partition coefficient (Wildman–Crippen LogP) is 4.65. The summed E-state index contributed by atoms with van der Waals surface area (Å²) in [6.07, 6.45) is 1.22. The summed E-state index contributed by atoms with van der Waals surface area (Å²) in [5, 5.41) is 12.3. The van der Waals surface area contributed by atoms with Crippen LogP contribution in [0, 0.1) is 11.3 Å². The molecule has 3 aromatic rings. The quantitative estimate of drug-likeness (QED) is 0.343. The maximum Gasteiger partial charge on any atom is 0.339 e. The lowest BCUT2D eigenvalue weighted by molar-refractivity contribution is -0.112. The number of carbonyl (C=O) groups excluding carboxylic acids is 1. The van der Waals surface area contributed by atoms with Gasteiger partial charge in [0.1, 0.15) is 22.3 Å². The molecule has 0 fully saturated rings. The van der Waals surface area contributed by atoms with Crippen molar-refractivity contribution in [3.05, 3.63) is 95.0 Å². The zero-order valence-corrected chi connectivity index (χ0v) is 17.0. The van der Waals surface area contributed by atoms with E-state index in [1.54, 1.807) is 48.5 Å². The maximum absolute atomic E-state index is 12.5. The molecule has 0 saturated carbocycles. The Bertz CT molecular complexity index is 1240. The number of rotatable bonds is 6. The SMILES string of the molecule is N#C/C(=C\c1cc(Cl)ccc1OS(=O)(=O)c1ccccc1)C(=O)Nc1ccccc1. The van der Waals surface area contributed by atoms with Crippen LogP contribution < -0.4 is 9.50 Å². The third-order valence-corrected chi connectivity index (χ3v) is 5.38. The van der Waals surface area contributed by atoms with Gasteiger partial charge < -0.3 is 9.50 Å². The molecule has 0 unspecified atom stereocenters. The minimum atomic E-state index is -4.12. The van der Waals surface area contributed by atoms with Gasteiger partial charge in [-0.2, -0.15) is 13.7 Å². The van der Waals surface area contributed by atoms with E-state index in [1.807, 2.05) is 6.07 Å². The van der Waals surface area contributed by atoms with Crippen molar-refractivity contribution in [3.8, 4) is 11.8 Å². The second-order valence-corrected chi connectivity index (χ2v) is 8.01. The summed E-state index contributed by atoms with van der Waals surface area (Å²) in [5.41, 5.74) is 0.433. The van der Waals surface area contributed by atoms with Gasteiger partial charge in [0.25, 0.3) is 5.91 Å². The van der Waals surface area contributed by atoms with Crippen molar-refractivity contribution in [1.82, 2.24) is 0 Å². The number of anilines is 1. The van der Waals surface area contributed by atoms with Gasteiger partial charge in [-0.05, 0) is 48.5 Å². The third-order valence-electron chi connectivity index (χ3n) is 3.90. The highest BCUT2D eigenvalue weighted by Gasteiger charge is 2.19. The van der Waals surface area contributed by atoms with Crippen molar-refractivity contribution in [2.75, 3.05) is 5.32 Å². The molecule has 1 amide bonds. The lowest BCUT2D eigenvalue weighted by Crippen LogP contribution is -2.13. The van der Waals surface area contributed by atoms with Crippen LogP contribution in [0.4, 0.5) is 5.69 Å². The molecule has 3 aromatic carbocycles. The highest BCUT2D eigenvalue weighted by atomic mass is 35.5. The van der Waals surface area contributed by atoms with E-state index in [-0.39, 0.29) is 26.8 Å². The van der Waals surface area contributed by atoms with E-state index in [9.17, 15) is 18.5 Å². The summed E-state index contributed by atoms with van der Waals surface area (Å²) >= 11 is 6.02. The first-order valence-electron chi connectivity index (χ1n) is 8.66. The van der Waals surface area contributed by atoms with Crippen LogP contribution in [0.15, 0.2) is 89.3 Å². The van der Waals surface area contributed by atoms with E-state index in [1.165, 1.54) is 36.4 Å². The molecule has 0 atom stereocenters. The Kier molecular flexibility index (Phi) is 6.52. The van der Waals surface area contributed by atoms with Crippen molar-refractivity contribution >= 4 is 39.4 Å². The fourth-order valence-corrected chi connectivity index (χ4v) is 3.64. The lowest BCUT2D eigenvalue weighted by atomic mass is 10.1. The van der Waals surface area contributed by atoms with Crippen LogP contribution in [0.5, 0.6) is 5.75 Å². The molecule has 0 bridgehead atoms. The van der Waals surface area contributed by atoms with Gasteiger partial charge in [0.05, 0.1) is 0 Å². The summed E-state index contributed by atoms with van der Waals surface area (Å²) in [7, 11) is -4.12. The van der Waals surface area contributed by atoms with Crippen molar-refractivity contribution in [2.24, 2.45) is 0 Å². The number of carbonyl (C=O) groups is 1. The number of hydrogen-bond donors (Lipinski definition) is 1. The average molecular weight is 439 g/mol. The smallest absolute Gasteiger partial charge is 0.339 e. The molecule has 0 aliphatic heterocycles. The zero-order valence-electron chi connectivity index (χ0n) is 15.4. The molecule has 3 rings (SSSR count). The molecule has 0 saturated heterocycles. The molecule has 0 aliphatic rings. The van der Waals surface area contributed by atoms with Crippen molar-refractivity contribution < 1.29 is 17.4 Å². The molecular weight excluding hydrogens is 424 g/mol. The normalized spacial score (nSPS) is 11.4.